The zero-order chi connectivity index (χ0) is 14.4. The van der Waals surface area contributed by atoms with Crippen LogP contribution in [0.4, 0.5) is 10.1 Å². The molecule has 0 aliphatic rings. The molecule has 2 aromatic carbocycles. The van der Waals surface area contributed by atoms with Crippen molar-refractivity contribution in [2.75, 3.05) is 11.2 Å². The fourth-order valence-electron chi connectivity index (χ4n) is 2.00. The molecule has 0 unspecified atom stereocenters. The summed E-state index contributed by atoms with van der Waals surface area (Å²) in [7, 11) is 0. The van der Waals surface area contributed by atoms with E-state index in [4.69, 9.17) is 23.2 Å². The molecule has 2 rings (SSSR count). The summed E-state index contributed by atoms with van der Waals surface area (Å²) in [6, 6.07) is 12.8. The second-order valence-electron chi connectivity index (χ2n) is 4.55. The molecule has 106 valence electrons. The normalized spacial score (nSPS) is 10.6. The Kier molecular flexibility index (Phi) is 5.69. The molecule has 0 saturated carbocycles. The summed E-state index contributed by atoms with van der Waals surface area (Å²) in [5, 5.41) is 3.64. The Labute approximate surface area is 128 Å². The molecule has 1 nitrogen and oxygen atoms in total. The van der Waals surface area contributed by atoms with Gasteiger partial charge in [0.1, 0.15) is 5.82 Å². The van der Waals surface area contributed by atoms with Gasteiger partial charge in [-0.25, -0.2) is 4.39 Å². The molecule has 20 heavy (non-hydrogen) atoms. The standard InChI is InChI=1S/C16H16Cl2FN/c17-9-3-5-12-4-1-6-13(10-12)20-11-14-15(18)7-2-8-16(14)19/h1-2,4,6-8,10,20H,3,5,9,11H2. The Morgan fingerprint density at radius 1 is 1.10 bits per heavy atom. The van der Waals surface area contributed by atoms with Crippen molar-refractivity contribution in [2.24, 2.45) is 0 Å². The van der Waals surface area contributed by atoms with Crippen molar-refractivity contribution in [3.63, 3.8) is 0 Å². The molecule has 0 radical (unpaired) electrons. The van der Waals surface area contributed by atoms with Gasteiger partial charge in [0.15, 0.2) is 0 Å². The maximum Gasteiger partial charge on any atom is 0.129 e. The van der Waals surface area contributed by atoms with E-state index in [1.807, 2.05) is 12.1 Å². The van der Waals surface area contributed by atoms with Gasteiger partial charge in [-0.2, -0.15) is 0 Å². The lowest BCUT2D eigenvalue weighted by Crippen LogP contribution is -2.03. The van der Waals surface area contributed by atoms with Gasteiger partial charge in [-0.15, -0.1) is 11.6 Å². The number of aryl methyl sites for hydroxylation is 1. The third kappa shape index (κ3) is 4.12. The molecule has 0 bridgehead atoms. The lowest BCUT2D eigenvalue weighted by Gasteiger charge is -2.10. The first-order valence-corrected chi connectivity index (χ1v) is 7.43. The fraction of sp³-hybridized carbons (Fsp3) is 0.250. The lowest BCUT2D eigenvalue weighted by atomic mass is 10.1. The van der Waals surface area contributed by atoms with Gasteiger partial charge in [0.2, 0.25) is 0 Å². The first kappa shape index (κ1) is 15.1. The van der Waals surface area contributed by atoms with Crippen molar-refractivity contribution in [1.29, 1.82) is 0 Å². The van der Waals surface area contributed by atoms with Gasteiger partial charge in [0.25, 0.3) is 0 Å². The highest BCUT2D eigenvalue weighted by Crippen LogP contribution is 2.21. The number of hydrogen-bond donors (Lipinski definition) is 1. The predicted octanol–water partition coefficient (Wildman–Crippen LogP) is 5.26. The smallest absolute Gasteiger partial charge is 0.129 e. The molecule has 0 aromatic heterocycles. The van der Waals surface area contributed by atoms with E-state index < -0.39 is 0 Å². The molecule has 0 fully saturated rings. The van der Waals surface area contributed by atoms with Gasteiger partial charge < -0.3 is 5.32 Å². The van der Waals surface area contributed by atoms with Crippen LogP contribution in [-0.2, 0) is 13.0 Å². The lowest BCUT2D eigenvalue weighted by molar-refractivity contribution is 0.613. The van der Waals surface area contributed by atoms with Crippen molar-refractivity contribution in [3.8, 4) is 0 Å². The van der Waals surface area contributed by atoms with Crippen LogP contribution in [0.5, 0.6) is 0 Å². The minimum atomic E-state index is -0.289. The summed E-state index contributed by atoms with van der Waals surface area (Å²) in [5.74, 6) is 0.367. The second kappa shape index (κ2) is 7.51. The molecule has 0 spiro atoms. The van der Waals surface area contributed by atoms with Gasteiger partial charge >= 0.3 is 0 Å². The van der Waals surface area contributed by atoms with E-state index in [0.717, 1.165) is 18.5 Å². The number of benzene rings is 2. The van der Waals surface area contributed by atoms with Crippen LogP contribution in [0.3, 0.4) is 0 Å². The predicted molar refractivity (Wildman–Crippen MR) is 84.2 cm³/mol. The third-order valence-electron chi connectivity index (χ3n) is 3.06. The van der Waals surface area contributed by atoms with Gasteiger partial charge in [0, 0.05) is 28.7 Å². The Morgan fingerprint density at radius 2 is 1.90 bits per heavy atom. The molecule has 0 amide bonds. The van der Waals surface area contributed by atoms with Crippen LogP contribution in [0.25, 0.3) is 0 Å². The molecule has 2 aromatic rings. The van der Waals surface area contributed by atoms with E-state index >= 15 is 0 Å². The second-order valence-corrected chi connectivity index (χ2v) is 5.33. The van der Waals surface area contributed by atoms with Crippen LogP contribution in [0, 0.1) is 5.82 Å². The maximum absolute atomic E-state index is 13.7. The van der Waals surface area contributed by atoms with Crippen LogP contribution < -0.4 is 5.32 Å². The summed E-state index contributed by atoms with van der Waals surface area (Å²) in [6.07, 6.45) is 1.89. The van der Waals surface area contributed by atoms with Gasteiger partial charge in [0.05, 0.1) is 0 Å². The summed E-state index contributed by atoms with van der Waals surface area (Å²) in [4.78, 5) is 0. The minimum absolute atomic E-state index is 0.289. The van der Waals surface area contributed by atoms with Crippen molar-refractivity contribution >= 4 is 28.9 Å². The Hall–Kier alpha value is -1.25. The van der Waals surface area contributed by atoms with Crippen LogP contribution in [0.2, 0.25) is 5.02 Å². The van der Waals surface area contributed by atoms with Crippen LogP contribution >= 0.6 is 23.2 Å². The van der Waals surface area contributed by atoms with E-state index in [2.05, 4.69) is 17.4 Å². The number of anilines is 1. The zero-order valence-electron chi connectivity index (χ0n) is 11.0. The highest BCUT2D eigenvalue weighted by molar-refractivity contribution is 6.31. The Morgan fingerprint density at radius 3 is 2.65 bits per heavy atom. The molecular weight excluding hydrogens is 296 g/mol. The zero-order valence-corrected chi connectivity index (χ0v) is 12.5. The van der Waals surface area contributed by atoms with Gasteiger partial charge in [-0.3, -0.25) is 0 Å². The number of alkyl halides is 1. The van der Waals surface area contributed by atoms with Crippen LogP contribution in [-0.4, -0.2) is 5.88 Å². The molecule has 0 aliphatic heterocycles. The van der Waals surface area contributed by atoms with Gasteiger partial charge in [-0.05, 0) is 42.7 Å². The largest absolute Gasteiger partial charge is 0.381 e. The summed E-state index contributed by atoms with van der Waals surface area (Å²) in [5.41, 5.74) is 2.66. The topological polar surface area (TPSA) is 12.0 Å². The van der Waals surface area contributed by atoms with E-state index in [9.17, 15) is 4.39 Å². The van der Waals surface area contributed by atoms with Crippen molar-refractivity contribution in [1.82, 2.24) is 0 Å². The SMILES string of the molecule is Fc1cccc(Cl)c1CNc1cccc(CCCCl)c1. The number of rotatable bonds is 6. The highest BCUT2D eigenvalue weighted by Gasteiger charge is 2.06. The first-order chi connectivity index (χ1) is 9.70. The number of nitrogens with one attached hydrogen (secondary N) is 1. The fourth-order valence-corrected chi connectivity index (χ4v) is 2.36. The van der Waals surface area contributed by atoms with E-state index in [1.54, 1.807) is 12.1 Å². The monoisotopic (exact) mass is 311 g/mol. The van der Waals surface area contributed by atoms with E-state index in [1.165, 1.54) is 11.6 Å². The highest BCUT2D eigenvalue weighted by atomic mass is 35.5. The van der Waals surface area contributed by atoms with Crippen molar-refractivity contribution < 1.29 is 4.39 Å². The van der Waals surface area contributed by atoms with Crippen molar-refractivity contribution in [3.05, 3.63) is 64.4 Å². The minimum Gasteiger partial charge on any atom is -0.381 e. The first-order valence-electron chi connectivity index (χ1n) is 6.52. The molecule has 4 heteroatoms. The summed E-state index contributed by atoms with van der Waals surface area (Å²) < 4.78 is 13.7. The van der Waals surface area contributed by atoms with Crippen LogP contribution in [0.15, 0.2) is 42.5 Å². The molecule has 0 heterocycles. The Bertz CT molecular complexity index is 552. The molecule has 1 N–H and O–H groups in total. The van der Waals surface area contributed by atoms with Gasteiger partial charge in [-0.1, -0.05) is 29.8 Å². The Balaban J connectivity index is 2.03. The average molecular weight is 312 g/mol. The van der Waals surface area contributed by atoms with Crippen molar-refractivity contribution in [2.45, 2.75) is 19.4 Å². The maximum atomic E-state index is 13.7. The number of hydrogen-bond acceptors (Lipinski definition) is 1. The molecule has 0 atom stereocenters. The third-order valence-corrected chi connectivity index (χ3v) is 3.68. The molecule has 0 aliphatic carbocycles. The molecule has 0 saturated heterocycles. The quantitative estimate of drug-likeness (QED) is 0.717. The molecular formula is C16H16Cl2FN. The summed E-state index contributed by atoms with van der Waals surface area (Å²) >= 11 is 11.7. The van der Waals surface area contributed by atoms with Crippen LogP contribution in [0.1, 0.15) is 17.5 Å². The number of halogens is 3. The summed E-state index contributed by atoms with van der Waals surface area (Å²) in [6.45, 7) is 0.366. The van der Waals surface area contributed by atoms with E-state index in [0.29, 0.717) is 23.0 Å². The van der Waals surface area contributed by atoms with E-state index in [-0.39, 0.29) is 5.82 Å². The average Bonchev–Trinajstić information content (AvgIpc) is 2.45.